The Labute approximate surface area is 212 Å². The molecule has 192 valence electrons. The number of alkyl halides is 3. The van der Waals surface area contributed by atoms with E-state index < -0.39 is 22.7 Å². The average molecular weight is 520 g/mol. The minimum atomic E-state index is -4.76. The molecule has 3 aromatic rings. The number of nitrogens with zero attached hydrogens (tertiary/aromatic N) is 2. The lowest BCUT2D eigenvalue weighted by Crippen LogP contribution is -2.27. The summed E-state index contributed by atoms with van der Waals surface area (Å²) >= 11 is 0.702. The number of carbonyl (C=O) groups excluding carboxylic acids is 1. The third-order valence-electron chi connectivity index (χ3n) is 6.03. The Balaban J connectivity index is 1.46. The molecule has 1 aliphatic rings. The van der Waals surface area contributed by atoms with E-state index in [0.717, 1.165) is 25.2 Å². The zero-order valence-corrected chi connectivity index (χ0v) is 21.0. The Kier molecular flexibility index (Phi) is 8.15. The number of hydrogen-bond acceptors (Lipinski definition) is 6. The highest BCUT2D eigenvalue weighted by Gasteiger charge is 2.39. The van der Waals surface area contributed by atoms with Gasteiger partial charge in [-0.05, 0) is 61.7 Å². The SMILES string of the molecule is COc1ccc(-c2nc(C(F)(F)F)c(C(=O)NCCc3cccc(CN4CCCC4)c3)s2)cc1OC. The topological polar surface area (TPSA) is 63.7 Å². The van der Waals surface area contributed by atoms with Gasteiger partial charge in [-0.3, -0.25) is 9.69 Å². The van der Waals surface area contributed by atoms with Gasteiger partial charge >= 0.3 is 6.18 Å². The van der Waals surface area contributed by atoms with Crippen LogP contribution in [0.15, 0.2) is 42.5 Å². The maximum atomic E-state index is 13.7. The van der Waals surface area contributed by atoms with E-state index in [-0.39, 0.29) is 11.6 Å². The lowest BCUT2D eigenvalue weighted by atomic mass is 10.1. The molecule has 36 heavy (non-hydrogen) atoms. The maximum Gasteiger partial charge on any atom is 0.435 e. The molecule has 0 unspecified atom stereocenters. The van der Waals surface area contributed by atoms with Gasteiger partial charge in [-0.15, -0.1) is 11.3 Å². The van der Waals surface area contributed by atoms with Gasteiger partial charge in [0, 0.05) is 18.7 Å². The molecule has 1 fully saturated rings. The summed E-state index contributed by atoms with van der Waals surface area (Å²) in [6.07, 6.45) is -1.81. The number of carbonyl (C=O) groups is 1. The molecule has 1 aromatic heterocycles. The molecular formula is C26H28F3N3O3S. The van der Waals surface area contributed by atoms with Crippen LogP contribution in [0.5, 0.6) is 11.5 Å². The van der Waals surface area contributed by atoms with Gasteiger partial charge in [0.05, 0.1) is 14.2 Å². The quantitative estimate of drug-likeness (QED) is 0.409. The molecule has 0 atom stereocenters. The second kappa shape index (κ2) is 11.3. The summed E-state index contributed by atoms with van der Waals surface area (Å²) in [4.78, 5) is 18.5. The van der Waals surface area contributed by atoms with Crippen molar-refractivity contribution >= 4 is 17.2 Å². The molecule has 1 amide bonds. The highest BCUT2D eigenvalue weighted by atomic mass is 32.1. The van der Waals surface area contributed by atoms with Gasteiger partial charge in [0.25, 0.3) is 5.91 Å². The number of nitrogens with one attached hydrogen (secondary N) is 1. The van der Waals surface area contributed by atoms with E-state index in [1.807, 2.05) is 12.1 Å². The molecular weight excluding hydrogens is 491 g/mol. The Morgan fingerprint density at radius 1 is 1.06 bits per heavy atom. The number of rotatable bonds is 9. The predicted molar refractivity (Wildman–Crippen MR) is 133 cm³/mol. The highest BCUT2D eigenvalue weighted by Crippen LogP contribution is 2.39. The van der Waals surface area contributed by atoms with Crippen LogP contribution < -0.4 is 14.8 Å². The summed E-state index contributed by atoms with van der Waals surface area (Å²) in [7, 11) is 2.90. The monoisotopic (exact) mass is 519 g/mol. The summed E-state index contributed by atoms with van der Waals surface area (Å²) in [5, 5.41) is 2.71. The zero-order chi connectivity index (χ0) is 25.7. The molecule has 0 bridgehead atoms. The smallest absolute Gasteiger partial charge is 0.435 e. The summed E-state index contributed by atoms with van der Waals surface area (Å²) in [6.45, 7) is 3.30. The van der Waals surface area contributed by atoms with Gasteiger partial charge in [-0.1, -0.05) is 24.3 Å². The van der Waals surface area contributed by atoms with Crippen molar-refractivity contribution < 1.29 is 27.4 Å². The van der Waals surface area contributed by atoms with Crippen LogP contribution in [0.3, 0.4) is 0 Å². The van der Waals surface area contributed by atoms with E-state index in [1.54, 1.807) is 12.1 Å². The number of methoxy groups -OCH3 is 2. The number of amides is 1. The van der Waals surface area contributed by atoms with E-state index in [9.17, 15) is 18.0 Å². The first-order valence-electron chi connectivity index (χ1n) is 11.7. The summed E-state index contributed by atoms with van der Waals surface area (Å²) in [6, 6.07) is 12.8. The van der Waals surface area contributed by atoms with E-state index in [4.69, 9.17) is 9.47 Å². The van der Waals surface area contributed by atoms with E-state index in [1.165, 1.54) is 38.7 Å². The third kappa shape index (κ3) is 6.17. The molecule has 10 heteroatoms. The van der Waals surface area contributed by atoms with Crippen LogP contribution in [-0.4, -0.2) is 49.6 Å². The van der Waals surface area contributed by atoms with Crippen molar-refractivity contribution in [3.05, 3.63) is 64.2 Å². The molecule has 1 aliphatic heterocycles. The van der Waals surface area contributed by atoms with E-state index in [2.05, 4.69) is 27.3 Å². The van der Waals surface area contributed by atoms with Crippen molar-refractivity contribution in [3.63, 3.8) is 0 Å². The number of aromatic nitrogens is 1. The van der Waals surface area contributed by atoms with Crippen molar-refractivity contribution in [2.75, 3.05) is 33.9 Å². The third-order valence-corrected chi connectivity index (χ3v) is 7.13. The first-order valence-corrected chi connectivity index (χ1v) is 12.5. The van der Waals surface area contributed by atoms with Crippen LogP contribution in [0.25, 0.3) is 10.6 Å². The fourth-order valence-electron chi connectivity index (χ4n) is 4.24. The molecule has 1 saturated heterocycles. The number of hydrogen-bond donors (Lipinski definition) is 1. The Morgan fingerprint density at radius 3 is 2.47 bits per heavy atom. The van der Waals surface area contributed by atoms with Crippen molar-refractivity contribution in [2.45, 2.75) is 32.0 Å². The molecule has 0 aliphatic carbocycles. The molecule has 0 spiro atoms. The number of benzene rings is 2. The van der Waals surface area contributed by atoms with Crippen molar-refractivity contribution in [1.82, 2.24) is 15.2 Å². The maximum absolute atomic E-state index is 13.7. The first kappa shape index (κ1) is 26.0. The lowest BCUT2D eigenvalue weighted by molar-refractivity contribution is -0.141. The fraction of sp³-hybridized carbons (Fsp3) is 0.385. The van der Waals surface area contributed by atoms with Crippen LogP contribution in [0, 0.1) is 0 Å². The van der Waals surface area contributed by atoms with Crippen LogP contribution in [0.1, 0.15) is 39.3 Å². The van der Waals surface area contributed by atoms with Crippen LogP contribution in [-0.2, 0) is 19.1 Å². The van der Waals surface area contributed by atoms with Gasteiger partial charge in [-0.2, -0.15) is 13.2 Å². The second-order valence-electron chi connectivity index (χ2n) is 8.57. The molecule has 1 N–H and O–H groups in total. The summed E-state index contributed by atoms with van der Waals surface area (Å²) in [5.41, 5.74) is 1.43. The minimum Gasteiger partial charge on any atom is -0.493 e. The highest BCUT2D eigenvalue weighted by molar-refractivity contribution is 7.17. The largest absolute Gasteiger partial charge is 0.493 e. The number of ether oxygens (including phenoxy) is 2. The van der Waals surface area contributed by atoms with Crippen molar-refractivity contribution in [1.29, 1.82) is 0 Å². The minimum absolute atomic E-state index is 0.0723. The summed E-state index contributed by atoms with van der Waals surface area (Å²) in [5.74, 6) is 0.00723. The molecule has 0 radical (unpaired) electrons. The van der Waals surface area contributed by atoms with Gasteiger partial charge < -0.3 is 14.8 Å². The van der Waals surface area contributed by atoms with Crippen molar-refractivity contribution in [3.8, 4) is 22.1 Å². The molecule has 2 heterocycles. The van der Waals surface area contributed by atoms with Crippen LogP contribution >= 0.6 is 11.3 Å². The fourth-order valence-corrected chi connectivity index (χ4v) is 5.24. The van der Waals surface area contributed by atoms with Crippen LogP contribution in [0.2, 0.25) is 0 Å². The zero-order valence-electron chi connectivity index (χ0n) is 20.2. The van der Waals surface area contributed by atoms with E-state index in [0.29, 0.717) is 34.8 Å². The van der Waals surface area contributed by atoms with Gasteiger partial charge in [-0.25, -0.2) is 4.98 Å². The number of likely N-dealkylation sites (tertiary alicyclic amines) is 1. The molecule has 0 saturated carbocycles. The number of halogens is 3. The molecule has 6 nitrogen and oxygen atoms in total. The van der Waals surface area contributed by atoms with Gasteiger partial charge in [0.15, 0.2) is 17.2 Å². The Bertz CT molecular complexity index is 1210. The normalized spacial score (nSPS) is 14.1. The van der Waals surface area contributed by atoms with Gasteiger partial charge in [0.1, 0.15) is 9.88 Å². The standard InChI is InChI=1S/C26H28F3N3O3S/c1-34-20-9-8-19(15-21(20)35-2)25-31-23(26(27,28)29)22(36-25)24(33)30-11-10-17-6-5-7-18(14-17)16-32-12-3-4-13-32/h5-9,14-15H,3-4,10-13,16H2,1-2H3,(H,30,33). The van der Waals surface area contributed by atoms with Crippen molar-refractivity contribution in [2.24, 2.45) is 0 Å². The molecule has 4 rings (SSSR count). The van der Waals surface area contributed by atoms with Gasteiger partial charge in [0.2, 0.25) is 0 Å². The second-order valence-corrected chi connectivity index (χ2v) is 9.57. The lowest BCUT2D eigenvalue weighted by Gasteiger charge is -2.15. The Hall–Kier alpha value is -3.11. The molecule has 2 aromatic carbocycles. The number of thiazole rings is 1. The van der Waals surface area contributed by atoms with Crippen LogP contribution in [0.4, 0.5) is 13.2 Å². The Morgan fingerprint density at radius 2 is 1.78 bits per heavy atom. The average Bonchev–Trinajstić information content (AvgIpc) is 3.54. The first-order chi connectivity index (χ1) is 17.3. The van der Waals surface area contributed by atoms with E-state index >= 15 is 0 Å². The summed E-state index contributed by atoms with van der Waals surface area (Å²) < 4.78 is 51.6. The predicted octanol–water partition coefficient (Wildman–Crippen LogP) is 5.41.